The van der Waals surface area contributed by atoms with Crippen LogP contribution in [0.2, 0.25) is 0 Å². The molecule has 1 heterocycles. The van der Waals surface area contributed by atoms with Gasteiger partial charge in [-0.1, -0.05) is 6.92 Å². The van der Waals surface area contributed by atoms with Crippen LogP contribution in [0, 0.1) is 0 Å². The molecule has 1 aromatic rings. The second-order valence-electron chi connectivity index (χ2n) is 7.31. The fourth-order valence-corrected chi connectivity index (χ4v) is 3.79. The molecular weight excluding hydrogens is 357 g/mol. The number of benzene rings is 1. The molecule has 146 valence electrons. The first-order valence-corrected chi connectivity index (χ1v) is 10.2. The van der Waals surface area contributed by atoms with Gasteiger partial charge in [-0.15, -0.1) is 0 Å². The largest absolute Gasteiger partial charge is 0.495 e. The third kappa shape index (κ3) is 4.10. The first-order valence-electron chi connectivity index (χ1n) is 8.58. The van der Waals surface area contributed by atoms with E-state index in [4.69, 9.17) is 18.8 Å². The van der Waals surface area contributed by atoms with E-state index in [1.54, 1.807) is 19.1 Å². The molecule has 0 unspecified atom stereocenters. The highest BCUT2D eigenvalue weighted by molar-refractivity contribution is 7.92. The molecule has 0 bridgehead atoms. The van der Waals surface area contributed by atoms with Gasteiger partial charge in [0.2, 0.25) is 10.0 Å². The average molecular weight is 385 g/mol. The fourth-order valence-electron chi connectivity index (χ4n) is 2.66. The lowest BCUT2D eigenvalue weighted by Gasteiger charge is -2.32. The molecule has 0 atom stereocenters. The standard InChI is InChI=1S/C17H28BNO6S/c1-8-9-26(20,21)19-13-10-12(11-14(22-6)15(13)23-7)18-24-16(2,3)17(4,5)25-18/h10-11,19H,8-9H2,1-7H3. The van der Waals surface area contributed by atoms with Crippen molar-refractivity contribution in [3.05, 3.63) is 12.1 Å². The number of hydrogen-bond donors (Lipinski definition) is 1. The summed E-state index contributed by atoms with van der Waals surface area (Å²) < 4.78 is 49.9. The van der Waals surface area contributed by atoms with Gasteiger partial charge < -0.3 is 18.8 Å². The minimum atomic E-state index is -3.50. The Kier molecular flexibility index (Phi) is 5.85. The van der Waals surface area contributed by atoms with Crippen molar-refractivity contribution in [2.75, 3.05) is 24.7 Å². The fraction of sp³-hybridized carbons (Fsp3) is 0.647. The predicted molar refractivity (Wildman–Crippen MR) is 103 cm³/mol. The van der Waals surface area contributed by atoms with Gasteiger partial charge >= 0.3 is 7.12 Å². The zero-order chi connectivity index (χ0) is 19.8. The van der Waals surface area contributed by atoms with Crippen molar-refractivity contribution in [1.82, 2.24) is 0 Å². The van der Waals surface area contributed by atoms with Crippen molar-refractivity contribution in [1.29, 1.82) is 0 Å². The van der Waals surface area contributed by atoms with Crippen LogP contribution in [0.15, 0.2) is 12.1 Å². The molecule has 0 aromatic heterocycles. The molecule has 0 saturated carbocycles. The molecule has 1 saturated heterocycles. The lowest BCUT2D eigenvalue weighted by Crippen LogP contribution is -2.41. The highest BCUT2D eigenvalue weighted by atomic mass is 32.2. The highest BCUT2D eigenvalue weighted by Crippen LogP contribution is 2.39. The van der Waals surface area contributed by atoms with Crippen molar-refractivity contribution in [2.45, 2.75) is 52.2 Å². The Hall–Kier alpha value is -1.45. The smallest absolute Gasteiger partial charge is 0.493 e. The molecule has 1 aliphatic heterocycles. The van der Waals surface area contributed by atoms with E-state index in [9.17, 15) is 8.42 Å². The Labute approximate surface area is 156 Å². The minimum Gasteiger partial charge on any atom is -0.493 e. The van der Waals surface area contributed by atoms with Gasteiger partial charge in [0.1, 0.15) is 0 Å². The van der Waals surface area contributed by atoms with Crippen LogP contribution in [0.25, 0.3) is 0 Å². The van der Waals surface area contributed by atoms with Crippen LogP contribution >= 0.6 is 0 Å². The van der Waals surface area contributed by atoms with Crippen LogP contribution in [0.3, 0.4) is 0 Å². The Morgan fingerprint density at radius 3 is 2.12 bits per heavy atom. The number of sulfonamides is 1. The first kappa shape index (κ1) is 20.9. The average Bonchev–Trinajstić information content (AvgIpc) is 2.74. The lowest BCUT2D eigenvalue weighted by molar-refractivity contribution is 0.00578. The Morgan fingerprint density at radius 2 is 1.65 bits per heavy atom. The number of hydrogen-bond acceptors (Lipinski definition) is 6. The van der Waals surface area contributed by atoms with E-state index in [0.29, 0.717) is 29.1 Å². The van der Waals surface area contributed by atoms with Gasteiger partial charge in [-0.25, -0.2) is 8.42 Å². The summed E-state index contributed by atoms with van der Waals surface area (Å²) in [6.45, 7) is 9.63. The van der Waals surface area contributed by atoms with Crippen LogP contribution < -0.4 is 19.7 Å². The zero-order valence-corrected chi connectivity index (χ0v) is 17.3. The topological polar surface area (TPSA) is 83.1 Å². The van der Waals surface area contributed by atoms with Gasteiger partial charge in [-0.2, -0.15) is 0 Å². The molecule has 0 amide bonds. The summed E-state index contributed by atoms with van der Waals surface area (Å²) in [5, 5.41) is 0. The monoisotopic (exact) mass is 385 g/mol. The van der Waals surface area contributed by atoms with Gasteiger partial charge in [0.15, 0.2) is 11.5 Å². The number of methoxy groups -OCH3 is 2. The maximum atomic E-state index is 12.2. The molecule has 0 spiro atoms. The first-order chi connectivity index (χ1) is 12.0. The second-order valence-corrected chi connectivity index (χ2v) is 9.16. The quantitative estimate of drug-likeness (QED) is 0.725. The Morgan fingerprint density at radius 1 is 1.08 bits per heavy atom. The molecule has 1 fully saturated rings. The van der Waals surface area contributed by atoms with Crippen molar-refractivity contribution < 1.29 is 27.2 Å². The van der Waals surface area contributed by atoms with Crippen molar-refractivity contribution >= 4 is 28.3 Å². The molecule has 9 heteroatoms. The molecule has 1 N–H and O–H groups in total. The number of ether oxygens (including phenoxy) is 2. The van der Waals surface area contributed by atoms with Crippen LogP contribution in [0.5, 0.6) is 11.5 Å². The lowest BCUT2D eigenvalue weighted by atomic mass is 9.78. The summed E-state index contributed by atoms with van der Waals surface area (Å²) >= 11 is 0. The van der Waals surface area contributed by atoms with Gasteiger partial charge in [-0.05, 0) is 51.7 Å². The summed E-state index contributed by atoms with van der Waals surface area (Å²) in [5.41, 5.74) is -0.0696. The van der Waals surface area contributed by atoms with E-state index in [-0.39, 0.29) is 5.75 Å². The van der Waals surface area contributed by atoms with Gasteiger partial charge in [0.25, 0.3) is 0 Å². The van der Waals surface area contributed by atoms with Crippen LogP contribution in [0.1, 0.15) is 41.0 Å². The molecule has 0 radical (unpaired) electrons. The van der Waals surface area contributed by atoms with E-state index in [2.05, 4.69) is 4.72 Å². The normalized spacial score (nSPS) is 18.7. The molecule has 26 heavy (non-hydrogen) atoms. The number of nitrogens with one attached hydrogen (secondary N) is 1. The summed E-state index contributed by atoms with van der Waals surface area (Å²) in [6, 6.07) is 3.40. The Balaban J connectivity index is 2.48. The van der Waals surface area contributed by atoms with Crippen molar-refractivity contribution in [3.63, 3.8) is 0 Å². The molecule has 1 aliphatic rings. The van der Waals surface area contributed by atoms with Crippen LogP contribution in [-0.4, -0.2) is 46.7 Å². The number of anilines is 1. The maximum Gasteiger partial charge on any atom is 0.495 e. The third-order valence-corrected chi connectivity index (χ3v) is 6.24. The molecule has 2 rings (SSSR count). The minimum absolute atomic E-state index is 0.0131. The van der Waals surface area contributed by atoms with E-state index >= 15 is 0 Å². The van der Waals surface area contributed by atoms with E-state index in [1.165, 1.54) is 14.2 Å². The van der Waals surface area contributed by atoms with E-state index < -0.39 is 28.3 Å². The maximum absolute atomic E-state index is 12.2. The predicted octanol–water partition coefficient (Wildman–Crippen LogP) is 2.15. The van der Waals surface area contributed by atoms with Crippen molar-refractivity contribution in [3.8, 4) is 11.5 Å². The van der Waals surface area contributed by atoms with Gasteiger partial charge in [-0.3, -0.25) is 4.72 Å². The van der Waals surface area contributed by atoms with Crippen LogP contribution in [-0.2, 0) is 19.3 Å². The third-order valence-electron chi connectivity index (χ3n) is 4.76. The summed E-state index contributed by atoms with van der Waals surface area (Å²) in [5.74, 6) is 0.723. The summed E-state index contributed by atoms with van der Waals surface area (Å²) in [6.07, 6.45) is 0.506. The SMILES string of the molecule is CCCS(=O)(=O)Nc1cc(B2OC(C)(C)C(C)(C)O2)cc(OC)c1OC. The second kappa shape index (κ2) is 7.29. The van der Waals surface area contributed by atoms with Gasteiger partial charge in [0.05, 0.1) is 36.9 Å². The van der Waals surface area contributed by atoms with Gasteiger partial charge in [0, 0.05) is 0 Å². The molecular formula is C17H28BNO6S. The highest BCUT2D eigenvalue weighted by Gasteiger charge is 2.52. The zero-order valence-electron chi connectivity index (χ0n) is 16.5. The molecule has 7 nitrogen and oxygen atoms in total. The summed E-state index contributed by atoms with van der Waals surface area (Å²) in [4.78, 5) is 0. The summed E-state index contributed by atoms with van der Waals surface area (Å²) in [7, 11) is -1.18. The molecule has 1 aromatic carbocycles. The van der Waals surface area contributed by atoms with E-state index in [1.807, 2.05) is 27.7 Å². The van der Waals surface area contributed by atoms with E-state index in [0.717, 1.165) is 0 Å². The van der Waals surface area contributed by atoms with Crippen molar-refractivity contribution in [2.24, 2.45) is 0 Å². The number of rotatable bonds is 7. The van der Waals surface area contributed by atoms with Crippen LogP contribution in [0.4, 0.5) is 5.69 Å². The Bertz CT molecular complexity index is 747. The molecule has 0 aliphatic carbocycles.